The summed E-state index contributed by atoms with van der Waals surface area (Å²) >= 11 is 5.16. The first-order chi connectivity index (χ1) is 15.0. The smallest absolute Gasteiger partial charge is 0.251 e. The van der Waals surface area contributed by atoms with Crippen molar-refractivity contribution in [2.45, 2.75) is 0 Å². The lowest BCUT2D eigenvalue weighted by molar-refractivity contribution is -0.115. The van der Waals surface area contributed by atoms with Gasteiger partial charge in [-0.05, 0) is 60.3 Å². The van der Waals surface area contributed by atoms with Gasteiger partial charge in [0.15, 0.2) is 16.6 Å². The Morgan fingerprint density at radius 1 is 1.00 bits per heavy atom. The Morgan fingerprint density at radius 3 is 2.35 bits per heavy atom. The molecule has 0 aromatic heterocycles. The Labute approximate surface area is 186 Å². The van der Waals surface area contributed by atoms with E-state index in [9.17, 15) is 9.59 Å². The monoisotopic (exact) mass is 443 g/mol. The molecular formula is C22H25N3O5S. The minimum atomic E-state index is -0.388. The molecule has 0 saturated carbocycles. The highest BCUT2D eigenvalue weighted by Gasteiger charge is 2.07. The number of benzene rings is 2. The van der Waals surface area contributed by atoms with E-state index in [1.54, 1.807) is 69.9 Å². The summed E-state index contributed by atoms with van der Waals surface area (Å²) in [5.41, 5.74) is 1.92. The maximum atomic E-state index is 12.1. The van der Waals surface area contributed by atoms with Gasteiger partial charge in [0, 0.05) is 31.0 Å². The second-order valence-corrected chi connectivity index (χ2v) is 6.63. The Hall–Kier alpha value is -3.43. The maximum Gasteiger partial charge on any atom is 0.251 e. The van der Waals surface area contributed by atoms with Gasteiger partial charge < -0.3 is 24.8 Å². The molecule has 0 radical (unpaired) electrons. The van der Waals surface area contributed by atoms with Crippen molar-refractivity contribution in [1.82, 2.24) is 10.6 Å². The molecule has 0 atom stereocenters. The van der Waals surface area contributed by atoms with Crippen LogP contribution >= 0.6 is 12.2 Å². The molecule has 0 aliphatic heterocycles. The number of thiocarbonyl (C=S) groups is 1. The standard InChI is InChI=1S/C22H25N3O5S/c1-28-13-12-23-21(27)16-6-8-17(9-7-16)24-22(31)25-20(26)11-5-15-4-10-18(29-2)19(14-15)30-3/h4-11,14H,12-13H2,1-3H3,(H,23,27)(H2,24,25,26,31)/b11-5+. The van der Waals surface area contributed by atoms with Crippen LogP contribution in [0.3, 0.4) is 0 Å². The first-order valence-corrected chi connectivity index (χ1v) is 9.77. The van der Waals surface area contributed by atoms with Gasteiger partial charge in [-0.2, -0.15) is 0 Å². The highest BCUT2D eigenvalue weighted by molar-refractivity contribution is 7.80. The summed E-state index contributed by atoms with van der Waals surface area (Å²) in [6.07, 6.45) is 3.00. The van der Waals surface area contributed by atoms with Crippen molar-refractivity contribution in [2.24, 2.45) is 0 Å². The Kier molecular flexibility index (Phi) is 9.47. The third kappa shape index (κ3) is 7.72. The third-order valence-corrected chi connectivity index (χ3v) is 4.27. The van der Waals surface area contributed by atoms with E-state index in [0.29, 0.717) is 35.9 Å². The number of ether oxygens (including phenoxy) is 3. The van der Waals surface area contributed by atoms with Gasteiger partial charge in [-0.1, -0.05) is 6.07 Å². The van der Waals surface area contributed by atoms with E-state index in [1.165, 1.54) is 6.08 Å². The molecule has 164 valence electrons. The van der Waals surface area contributed by atoms with Crippen LogP contribution in [0.5, 0.6) is 11.5 Å². The van der Waals surface area contributed by atoms with Gasteiger partial charge in [-0.25, -0.2) is 0 Å². The Balaban J connectivity index is 1.87. The molecule has 2 amide bonds. The zero-order valence-electron chi connectivity index (χ0n) is 17.6. The molecule has 2 rings (SSSR count). The average Bonchev–Trinajstić information content (AvgIpc) is 2.77. The molecule has 0 heterocycles. The molecule has 3 N–H and O–H groups in total. The lowest BCUT2D eigenvalue weighted by Crippen LogP contribution is -2.32. The second-order valence-electron chi connectivity index (χ2n) is 6.22. The van der Waals surface area contributed by atoms with Crippen molar-refractivity contribution in [1.29, 1.82) is 0 Å². The summed E-state index contributed by atoms with van der Waals surface area (Å²) in [4.78, 5) is 24.1. The molecule has 9 heteroatoms. The van der Waals surface area contributed by atoms with Crippen LogP contribution in [-0.4, -0.2) is 51.4 Å². The van der Waals surface area contributed by atoms with E-state index in [4.69, 9.17) is 26.4 Å². The van der Waals surface area contributed by atoms with Crippen LogP contribution in [0.4, 0.5) is 5.69 Å². The number of carbonyl (C=O) groups is 2. The van der Waals surface area contributed by atoms with Gasteiger partial charge in [0.2, 0.25) is 5.91 Å². The van der Waals surface area contributed by atoms with E-state index < -0.39 is 0 Å². The van der Waals surface area contributed by atoms with Crippen LogP contribution in [0.15, 0.2) is 48.5 Å². The van der Waals surface area contributed by atoms with Gasteiger partial charge in [-0.3, -0.25) is 14.9 Å². The summed E-state index contributed by atoms with van der Waals surface area (Å²) in [6, 6.07) is 12.0. The predicted molar refractivity (Wildman–Crippen MR) is 124 cm³/mol. The fourth-order valence-corrected chi connectivity index (χ4v) is 2.74. The van der Waals surface area contributed by atoms with E-state index >= 15 is 0 Å². The van der Waals surface area contributed by atoms with Gasteiger partial charge >= 0.3 is 0 Å². The normalized spacial score (nSPS) is 10.4. The number of hydrogen-bond donors (Lipinski definition) is 3. The van der Waals surface area contributed by atoms with Crippen molar-refractivity contribution in [3.63, 3.8) is 0 Å². The molecule has 0 spiro atoms. The van der Waals surface area contributed by atoms with Gasteiger partial charge in [0.1, 0.15) is 0 Å². The Bertz CT molecular complexity index is 945. The average molecular weight is 444 g/mol. The largest absolute Gasteiger partial charge is 0.493 e. The van der Waals surface area contributed by atoms with Gasteiger partial charge in [-0.15, -0.1) is 0 Å². The van der Waals surface area contributed by atoms with E-state index in [1.807, 2.05) is 0 Å². The lowest BCUT2D eigenvalue weighted by Gasteiger charge is -2.09. The maximum absolute atomic E-state index is 12.1. The topological polar surface area (TPSA) is 97.9 Å². The molecule has 0 fully saturated rings. The van der Waals surface area contributed by atoms with Gasteiger partial charge in [0.25, 0.3) is 5.91 Å². The first kappa shape index (κ1) is 23.8. The van der Waals surface area contributed by atoms with Crippen LogP contribution < -0.4 is 25.4 Å². The molecular weight excluding hydrogens is 418 g/mol. The van der Waals surface area contributed by atoms with E-state index in [2.05, 4.69) is 16.0 Å². The van der Waals surface area contributed by atoms with Crippen molar-refractivity contribution >= 4 is 40.9 Å². The zero-order chi connectivity index (χ0) is 22.6. The number of rotatable bonds is 9. The predicted octanol–water partition coefficient (Wildman–Crippen LogP) is 2.61. The lowest BCUT2D eigenvalue weighted by atomic mass is 10.2. The SMILES string of the molecule is COCCNC(=O)c1ccc(NC(=S)NC(=O)/C=C/c2ccc(OC)c(OC)c2)cc1. The number of amides is 2. The number of hydrogen-bond acceptors (Lipinski definition) is 6. The fraction of sp³-hybridized carbons (Fsp3) is 0.227. The highest BCUT2D eigenvalue weighted by atomic mass is 32.1. The molecule has 8 nitrogen and oxygen atoms in total. The van der Waals surface area contributed by atoms with E-state index in [0.717, 1.165) is 5.56 Å². The number of methoxy groups -OCH3 is 3. The first-order valence-electron chi connectivity index (χ1n) is 9.36. The number of carbonyl (C=O) groups excluding carboxylic acids is 2. The Morgan fingerprint density at radius 2 is 1.71 bits per heavy atom. The summed E-state index contributed by atoms with van der Waals surface area (Å²) in [5.74, 6) is 0.590. The van der Waals surface area contributed by atoms with Crippen LogP contribution in [0, 0.1) is 0 Å². The van der Waals surface area contributed by atoms with Crippen LogP contribution in [-0.2, 0) is 9.53 Å². The van der Waals surface area contributed by atoms with Crippen LogP contribution in [0.25, 0.3) is 6.08 Å². The van der Waals surface area contributed by atoms with E-state index in [-0.39, 0.29) is 16.9 Å². The fourth-order valence-electron chi connectivity index (χ4n) is 2.52. The quantitative estimate of drug-likeness (QED) is 0.311. The molecule has 0 aliphatic carbocycles. The summed E-state index contributed by atoms with van der Waals surface area (Å²) in [5, 5.41) is 8.34. The van der Waals surface area contributed by atoms with Crippen LogP contribution in [0.2, 0.25) is 0 Å². The molecule has 0 saturated heterocycles. The minimum Gasteiger partial charge on any atom is -0.493 e. The van der Waals surface area contributed by atoms with Crippen LogP contribution in [0.1, 0.15) is 15.9 Å². The summed E-state index contributed by atoms with van der Waals surface area (Å²) in [7, 11) is 4.67. The third-order valence-electron chi connectivity index (χ3n) is 4.07. The van der Waals surface area contributed by atoms with Crippen molar-refractivity contribution in [3.8, 4) is 11.5 Å². The molecule has 2 aromatic rings. The van der Waals surface area contributed by atoms with Crippen molar-refractivity contribution in [2.75, 3.05) is 39.8 Å². The summed E-state index contributed by atoms with van der Waals surface area (Å²) < 4.78 is 15.3. The number of nitrogens with one attached hydrogen (secondary N) is 3. The molecule has 0 aliphatic rings. The van der Waals surface area contributed by atoms with Gasteiger partial charge in [0.05, 0.1) is 20.8 Å². The molecule has 0 unspecified atom stereocenters. The van der Waals surface area contributed by atoms with Crippen molar-refractivity contribution < 1.29 is 23.8 Å². The second kappa shape index (κ2) is 12.3. The number of anilines is 1. The minimum absolute atomic E-state index is 0.138. The highest BCUT2D eigenvalue weighted by Crippen LogP contribution is 2.27. The molecule has 2 aromatic carbocycles. The summed E-state index contributed by atoms with van der Waals surface area (Å²) in [6.45, 7) is 0.877. The zero-order valence-corrected chi connectivity index (χ0v) is 18.4. The van der Waals surface area contributed by atoms with Crippen molar-refractivity contribution in [3.05, 3.63) is 59.7 Å². The molecule has 0 bridgehead atoms. The molecule has 31 heavy (non-hydrogen) atoms.